The fourth-order valence-corrected chi connectivity index (χ4v) is 6.27. The summed E-state index contributed by atoms with van der Waals surface area (Å²) >= 11 is 1.13. The van der Waals surface area contributed by atoms with E-state index in [0.717, 1.165) is 86.3 Å². The Labute approximate surface area is 227 Å². The summed E-state index contributed by atoms with van der Waals surface area (Å²) in [4.78, 5) is 26.1. The Kier molecular flexibility index (Phi) is 5.93. The first kappa shape index (κ1) is 23.7. The second-order valence-corrected chi connectivity index (χ2v) is 11.1. The predicted octanol–water partition coefficient (Wildman–Crippen LogP) is 7.55. The molecule has 7 rings (SSSR count). The molecule has 0 radical (unpaired) electrons. The maximum atomic E-state index is 13.7. The number of aromatic nitrogens is 5. The third kappa shape index (κ3) is 4.48. The van der Waals surface area contributed by atoms with Crippen molar-refractivity contribution >= 4 is 44.9 Å². The molecular formula is C30H25FN6OS. The van der Waals surface area contributed by atoms with Crippen molar-refractivity contribution in [2.45, 2.75) is 32.1 Å². The van der Waals surface area contributed by atoms with Crippen molar-refractivity contribution < 1.29 is 9.18 Å². The van der Waals surface area contributed by atoms with Gasteiger partial charge in [-0.2, -0.15) is 9.49 Å². The highest BCUT2D eigenvalue weighted by Gasteiger charge is 2.21. The molecule has 0 bridgehead atoms. The van der Waals surface area contributed by atoms with Crippen LogP contribution < -0.4 is 5.32 Å². The Bertz CT molecular complexity index is 1830. The molecule has 39 heavy (non-hydrogen) atoms. The number of amides is 1. The van der Waals surface area contributed by atoms with Crippen LogP contribution in [0.5, 0.6) is 0 Å². The normalized spacial score (nSPS) is 14.3. The minimum absolute atomic E-state index is 0.0721. The van der Waals surface area contributed by atoms with Crippen LogP contribution >= 0.6 is 11.3 Å². The third-order valence-corrected chi connectivity index (χ3v) is 8.40. The van der Waals surface area contributed by atoms with Crippen molar-refractivity contribution in [2.24, 2.45) is 5.92 Å². The lowest BCUT2D eigenvalue weighted by atomic mass is 9.88. The van der Waals surface area contributed by atoms with E-state index in [1.807, 2.05) is 36.4 Å². The number of thiophene rings is 1. The maximum Gasteiger partial charge on any atom is 0.227 e. The number of halogens is 1. The minimum atomic E-state index is -0.207. The van der Waals surface area contributed by atoms with Gasteiger partial charge in [0.05, 0.1) is 17.6 Å². The van der Waals surface area contributed by atoms with Gasteiger partial charge in [0.1, 0.15) is 5.69 Å². The largest absolute Gasteiger partial charge is 0.353 e. The molecule has 5 aromatic heterocycles. The van der Waals surface area contributed by atoms with Crippen LogP contribution in [0.3, 0.4) is 0 Å². The second-order valence-electron chi connectivity index (χ2n) is 10.0. The summed E-state index contributed by atoms with van der Waals surface area (Å²) in [5.74, 6) is 0.146. The molecule has 6 aromatic rings. The van der Waals surface area contributed by atoms with Crippen LogP contribution in [0.1, 0.15) is 32.1 Å². The Hall–Kier alpha value is -4.37. The quantitative estimate of drug-likeness (QED) is 0.212. The summed E-state index contributed by atoms with van der Waals surface area (Å²) in [6.07, 6.45) is 10.6. The number of nitrogens with one attached hydrogen (secondary N) is 3. The summed E-state index contributed by atoms with van der Waals surface area (Å²) in [6, 6.07) is 15.3. The molecule has 0 spiro atoms. The van der Waals surface area contributed by atoms with Gasteiger partial charge < -0.3 is 10.3 Å². The third-order valence-electron chi connectivity index (χ3n) is 7.49. The van der Waals surface area contributed by atoms with Gasteiger partial charge >= 0.3 is 0 Å². The average molecular weight is 537 g/mol. The highest BCUT2D eigenvalue weighted by atomic mass is 32.1. The predicted molar refractivity (Wildman–Crippen MR) is 153 cm³/mol. The minimum Gasteiger partial charge on any atom is -0.353 e. The van der Waals surface area contributed by atoms with Gasteiger partial charge in [-0.05, 0) is 49.2 Å². The Morgan fingerprint density at radius 2 is 1.85 bits per heavy atom. The van der Waals surface area contributed by atoms with E-state index in [2.05, 4.69) is 30.5 Å². The van der Waals surface area contributed by atoms with E-state index in [0.29, 0.717) is 11.3 Å². The fraction of sp³-hybridized carbons (Fsp3) is 0.200. The van der Waals surface area contributed by atoms with Gasteiger partial charge in [-0.1, -0.05) is 31.4 Å². The molecule has 1 aliphatic rings. The number of hydrogen-bond acceptors (Lipinski definition) is 5. The van der Waals surface area contributed by atoms with Crippen LogP contribution in [0, 0.1) is 11.0 Å². The Morgan fingerprint density at radius 1 is 0.974 bits per heavy atom. The average Bonchev–Trinajstić information content (AvgIpc) is 3.71. The van der Waals surface area contributed by atoms with E-state index in [9.17, 15) is 9.18 Å². The number of carbonyl (C=O) groups excluding carboxylic acids is 1. The Morgan fingerprint density at radius 3 is 2.69 bits per heavy atom. The van der Waals surface area contributed by atoms with Crippen LogP contribution in [0.25, 0.3) is 54.9 Å². The molecule has 1 aliphatic carbocycles. The number of rotatable bonds is 5. The molecule has 1 aromatic carbocycles. The van der Waals surface area contributed by atoms with E-state index >= 15 is 0 Å². The molecular weight excluding hydrogens is 511 g/mol. The number of benzene rings is 1. The van der Waals surface area contributed by atoms with Gasteiger partial charge in [0.25, 0.3) is 0 Å². The molecule has 7 nitrogen and oxygen atoms in total. The molecule has 1 fully saturated rings. The molecule has 5 heterocycles. The van der Waals surface area contributed by atoms with Crippen molar-refractivity contribution in [2.75, 3.05) is 5.32 Å². The number of pyridine rings is 2. The molecule has 0 aliphatic heterocycles. The fourth-order valence-electron chi connectivity index (χ4n) is 5.50. The molecule has 0 unspecified atom stereocenters. The van der Waals surface area contributed by atoms with Gasteiger partial charge in [0, 0.05) is 56.2 Å². The summed E-state index contributed by atoms with van der Waals surface area (Å²) in [5, 5.41) is 12.3. The molecule has 1 amide bonds. The number of aromatic amines is 2. The lowest BCUT2D eigenvalue weighted by molar-refractivity contribution is -0.120. The summed E-state index contributed by atoms with van der Waals surface area (Å²) in [7, 11) is 0. The van der Waals surface area contributed by atoms with E-state index < -0.39 is 0 Å². The van der Waals surface area contributed by atoms with Crippen molar-refractivity contribution in [1.29, 1.82) is 0 Å². The summed E-state index contributed by atoms with van der Waals surface area (Å²) in [6.45, 7) is 0. The summed E-state index contributed by atoms with van der Waals surface area (Å²) < 4.78 is 13.7. The van der Waals surface area contributed by atoms with E-state index in [4.69, 9.17) is 0 Å². The lowest BCUT2D eigenvalue weighted by Gasteiger charge is -2.20. The second kappa shape index (κ2) is 9.74. The van der Waals surface area contributed by atoms with Crippen LogP contribution in [0.2, 0.25) is 0 Å². The zero-order valence-corrected chi connectivity index (χ0v) is 21.8. The number of fused-ring (bicyclic) bond motifs is 2. The maximum absolute atomic E-state index is 13.7. The molecule has 194 valence electrons. The molecule has 1 saturated carbocycles. The van der Waals surface area contributed by atoms with Crippen molar-refractivity contribution in [3.8, 4) is 33.0 Å². The zero-order valence-electron chi connectivity index (χ0n) is 21.0. The Balaban J connectivity index is 1.22. The number of anilines is 1. The first-order chi connectivity index (χ1) is 19.1. The van der Waals surface area contributed by atoms with Crippen molar-refractivity contribution in [1.82, 2.24) is 25.1 Å². The molecule has 0 atom stereocenters. The van der Waals surface area contributed by atoms with Gasteiger partial charge in [-0.3, -0.25) is 14.9 Å². The number of H-pyrrole nitrogens is 2. The van der Waals surface area contributed by atoms with Gasteiger partial charge in [-0.25, -0.2) is 4.98 Å². The topological polar surface area (TPSA) is 99.3 Å². The van der Waals surface area contributed by atoms with Gasteiger partial charge in [0.15, 0.2) is 10.8 Å². The van der Waals surface area contributed by atoms with E-state index in [1.54, 1.807) is 24.7 Å². The SMILES string of the molecule is O=C(Nc1cncc(-c2cnc3[nH]nc(-c4cc5c(-c6ccc(F)s6)cccc5[nH]4)c3c2)c1)C1CCCCC1. The van der Waals surface area contributed by atoms with Gasteiger partial charge in [0.2, 0.25) is 5.91 Å². The van der Waals surface area contributed by atoms with Crippen LogP contribution in [-0.2, 0) is 4.79 Å². The summed E-state index contributed by atoms with van der Waals surface area (Å²) in [5.41, 5.74) is 6.59. The first-order valence-electron chi connectivity index (χ1n) is 13.1. The standard InChI is InChI=1S/C30H25FN6OS/c31-27-10-9-26(39-27)21-7-4-8-24-22(21)13-25(35-24)28-23-12-19(15-33-29(23)37-36-28)18-11-20(16-32-14-18)34-30(38)17-5-2-1-3-6-17/h4,7-17,35H,1-3,5-6H2,(H,34,38)(H,33,36,37). The van der Waals surface area contributed by atoms with Crippen molar-refractivity contribution in [3.63, 3.8) is 0 Å². The number of hydrogen-bond donors (Lipinski definition) is 3. The smallest absolute Gasteiger partial charge is 0.227 e. The lowest BCUT2D eigenvalue weighted by Crippen LogP contribution is -2.24. The molecule has 3 N–H and O–H groups in total. The first-order valence-corrected chi connectivity index (χ1v) is 13.9. The van der Waals surface area contributed by atoms with Crippen LogP contribution in [-0.4, -0.2) is 31.1 Å². The van der Waals surface area contributed by atoms with Crippen molar-refractivity contribution in [3.05, 3.63) is 72.3 Å². The zero-order chi connectivity index (χ0) is 26.3. The highest BCUT2D eigenvalue weighted by Crippen LogP contribution is 2.37. The van der Waals surface area contributed by atoms with E-state index in [-0.39, 0.29) is 17.0 Å². The molecule has 9 heteroatoms. The molecule has 0 saturated heterocycles. The van der Waals surface area contributed by atoms with E-state index in [1.165, 1.54) is 12.5 Å². The van der Waals surface area contributed by atoms with Gasteiger partial charge in [-0.15, -0.1) is 11.3 Å². The highest BCUT2D eigenvalue weighted by molar-refractivity contribution is 7.14. The number of carbonyl (C=O) groups is 1. The number of nitrogens with zero attached hydrogens (tertiary/aromatic N) is 3. The van der Waals surface area contributed by atoms with Crippen LogP contribution in [0.4, 0.5) is 10.1 Å². The van der Waals surface area contributed by atoms with Crippen LogP contribution in [0.15, 0.2) is 67.1 Å². The monoisotopic (exact) mass is 536 g/mol.